The largest absolute Gasteiger partial charge is 0.493 e. The summed E-state index contributed by atoms with van der Waals surface area (Å²) in [5.74, 6) is 0.768. The Labute approximate surface area is 156 Å². The number of nitrogens with one attached hydrogen (secondary N) is 1. The maximum absolute atomic E-state index is 12.1. The lowest BCUT2D eigenvalue weighted by atomic mass is 10.2. The van der Waals surface area contributed by atoms with Crippen LogP contribution in [0.25, 0.3) is 0 Å². The standard InChI is InChI=1S/C22H28N2O2/c1-18-6-12-21(13-7-18)26-17-14-22(25)23-19-8-10-20(11-9-19)24-15-4-2-3-5-16-24/h6-13H,2-5,14-17H2,1H3,(H,23,25). The second-order valence-corrected chi connectivity index (χ2v) is 6.91. The average molecular weight is 352 g/mol. The average Bonchev–Trinajstić information content (AvgIpc) is 2.93. The van der Waals surface area contributed by atoms with Crippen LogP contribution in [0.2, 0.25) is 0 Å². The molecule has 0 atom stereocenters. The molecule has 1 saturated heterocycles. The van der Waals surface area contributed by atoms with Crippen LogP contribution < -0.4 is 15.0 Å². The maximum atomic E-state index is 12.1. The molecule has 4 nitrogen and oxygen atoms in total. The van der Waals surface area contributed by atoms with Crippen LogP contribution in [0.5, 0.6) is 5.75 Å². The molecule has 0 aliphatic carbocycles. The third-order valence-corrected chi connectivity index (χ3v) is 4.74. The number of anilines is 2. The predicted octanol–water partition coefficient (Wildman–Crippen LogP) is 4.78. The smallest absolute Gasteiger partial charge is 0.227 e. The van der Waals surface area contributed by atoms with E-state index in [9.17, 15) is 4.79 Å². The Bertz CT molecular complexity index is 687. The third kappa shape index (κ3) is 5.51. The maximum Gasteiger partial charge on any atom is 0.227 e. The highest BCUT2D eigenvalue weighted by molar-refractivity contribution is 5.90. The number of hydrogen-bond acceptors (Lipinski definition) is 3. The molecule has 1 N–H and O–H groups in total. The SMILES string of the molecule is Cc1ccc(OCCC(=O)Nc2ccc(N3CCCCCC3)cc2)cc1. The van der Waals surface area contributed by atoms with Gasteiger partial charge >= 0.3 is 0 Å². The van der Waals surface area contributed by atoms with Gasteiger partial charge in [0.05, 0.1) is 13.0 Å². The number of benzene rings is 2. The second kappa shape index (κ2) is 9.27. The summed E-state index contributed by atoms with van der Waals surface area (Å²) in [6.45, 7) is 4.67. The molecule has 4 heteroatoms. The fourth-order valence-electron chi connectivity index (χ4n) is 3.20. The van der Waals surface area contributed by atoms with Gasteiger partial charge in [-0.3, -0.25) is 4.79 Å². The quantitative estimate of drug-likeness (QED) is 0.813. The normalized spacial score (nSPS) is 14.6. The first kappa shape index (κ1) is 18.3. The minimum Gasteiger partial charge on any atom is -0.493 e. The molecule has 1 aliphatic heterocycles. The van der Waals surface area contributed by atoms with Gasteiger partial charge in [-0.05, 0) is 56.2 Å². The van der Waals surface area contributed by atoms with Crippen LogP contribution in [-0.2, 0) is 4.79 Å². The lowest BCUT2D eigenvalue weighted by Crippen LogP contribution is -2.23. The molecule has 0 bridgehead atoms. The molecule has 0 spiro atoms. The number of rotatable bonds is 6. The Balaban J connectivity index is 1.44. The Morgan fingerprint density at radius 1 is 0.962 bits per heavy atom. The molecule has 1 fully saturated rings. The first-order valence-corrected chi connectivity index (χ1v) is 9.55. The van der Waals surface area contributed by atoms with Crippen molar-refractivity contribution in [2.75, 3.05) is 29.9 Å². The number of nitrogens with zero attached hydrogens (tertiary/aromatic N) is 1. The topological polar surface area (TPSA) is 41.6 Å². The highest BCUT2D eigenvalue weighted by Gasteiger charge is 2.10. The number of carbonyl (C=O) groups excluding carboxylic acids is 1. The fourth-order valence-corrected chi connectivity index (χ4v) is 3.20. The van der Waals surface area contributed by atoms with Gasteiger partial charge in [-0.25, -0.2) is 0 Å². The van der Waals surface area contributed by atoms with Gasteiger partial charge in [-0.2, -0.15) is 0 Å². The highest BCUT2D eigenvalue weighted by Crippen LogP contribution is 2.21. The Kier molecular flexibility index (Phi) is 6.53. The minimum atomic E-state index is -0.0281. The van der Waals surface area contributed by atoms with Crippen LogP contribution in [0.1, 0.15) is 37.7 Å². The summed E-state index contributed by atoms with van der Waals surface area (Å²) in [6.07, 6.45) is 5.52. The van der Waals surface area contributed by atoms with Gasteiger partial charge in [0.15, 0.2) is 0 Å². The van der Waals surface area contributed by atoms with Gasteiger partial charge in [-0.1, -0.05) is 30.5 Å². The van der Waals surface area contributed by atoms with E-state index in [0.717, 1.165) is 24.5 Å². The van der Waals surface area contributed by atoms with E-state index in [1.54, 1.807) is 0 Å². The monoisotopic (exact) mass is 352 g/mol. The Morgan fingerprint density at radius 3 is 2.27 bits per heavy atom. The molecule has 1 heterocycles. The summed E-state index contributed by atoms with van der Waals surface area (Å²) in [5, 5.41) is 2.94. The van der Waals surface area contributed by atoms with Crippen LogP contribution in [0.4, 0.5) is 11.4 Å². The zero-order valence-corrected chi connectivity index (χ0v) is 15.5. The van der Waals surface area contributed by atoms with E-state index in [-0.39, 0.29) is 5.91 Å². The summed E-state index contributed by atoms with van der Waals surface area (Å²) < 4.78 is 5.61. The molecule has 1 aliphatic rings. The lowest BCUT2D eigenvalue weighted by molar-refractivity contribution is -0.116. The van der Waals surface area contributed by atoms with Crippen molar-refractivity contribution in [1.29, 1.82) is 0 Å². The molecule has 2 aromatic carbocycles. The van der Waals surface area contributed by atoms with Crippen molar-refractivity contribution in [1.82, 2.24) is 0 Å². The van der Waals surface area contributed by atoms with Crippen molar-refractivity contribution in [2.24, 2.45) is 0 Å². The van der Waals surface area contributed by atoms with Crippen molar-refractivity contribution >= 4 is 17.3 Å². The van der Waals surface area contributed by atoms with Crippen molar-refractivity contribution in [3.8, 4) is 5.75 Å². The summed E-state index contributed by atoms with van der Waals surface area (Å²) >= 11 is 0. The van der Waals surface area contributed by atoms with E-state index >= 15 is 0 Å². The molecule has 0 unspecified atom stereocenters. The first-order chi connectivity index (χ1) is 12.7. The Morgan fingerprint density at radius 2 is 1.62 bits per heavy atom. The van der Waals surface area contributed by atoms with Gasteiger partial charge in [0.25, 0.3) is 0 Å². The van der Waals surface area contributed by atoms with Gasteiger partial charge < -0.3 is 15.0 Å². The molecule has 138 valence electrons. The van der Waals surface area contributed by atoms with E-state index < -0.39 is 0 Å². The Hall–Kier alpha value is -2.49. The summed E-state index contributed by atoms with van der Waals surface area (Å²) in [7, 11) is 0. The molecular weight excluding hydrogens is 324 g/mol. The second-order valence-electron chi connectivity index (χ2n) is 6.91. The van der Waals surface area contributed by atoms with Gasteiger partial charge in [0.1, 0.15) is 5.75 Å². The van der Waals surface area contributed by atoms with Crippen LogP contribution in [0, 0.1) is 6.92 Å². The summed E-state index contributed by atoms with van der Waals surface area (Å²) in [5.41, 5.74) is 3.27. The van der Waals surface area contributed by atoms with Crippen molar-refractivity contribution in [2.45, 2.75) is 39.0 Å². The number of amides is 1. The molecular formula is C22H28N2O2. The molecule has 0 radical (unpaired) electrons. The van der Waals surface area contributed by atoms with Crippen LogP contribution in [-0.4, -0.2) is 25.6 Å². The van der Waals surface area contributed by atoms with E-state index in [1.807, 2.05) is 43.3 Å². The van der Waals surface area contributed by atoms with E-state index in [0.29, 0.717) is 13.0 Å². The van der Waals surface area contributed by atoms with Crippen LogP contribution in [0.15, 0.2) is 48.5 Å². The lowest BCUT2D eigenvalue weighted by Gasteiger charge is -2.22. The van der Waals surface area contributed by atoms with Crippen molar-refractivity contribution in [3.05, 3.63) is 54.1 Å². The first-order valence-electron chi connectivity index (χ1n) is 9.55. The highest BCUT2D eigenvalue weighted by atomic mass is 16.5. The molecule has 26 heavy (non-hydrogen) atoms. The summed E-state index contributed by atoms with van der Waals surface area (Å²) in [6, 6.07) is 16.0. The summed E-state index contributed by atoms with van der Waals surface area (Å²) in [4.78, 5) is 14.5. The van der Waals surface area contributed by atoms with Gasteiger partial charge in [0, 0.05) is 24.5 Å². The zero-order valence-electron chi connectivity index (χ0n) is 15.5. The number of aryl methyl sites for hydroxylation is 1. The zero-order chi connectivity index (χ0) is 18.2. The fraction of sp³-hybridized carbons (Fsp3) is 0.409. The van der Waals surface area contributed by atoms with E-state index in [2.05, 4.69) is 22.3 Å². The van der Waals surface area contributed by atoms with Gasteiger partial charge in [-0.15, -0.1) is 0 Å². The molecule has 1 amide bonds. The van der Waals surface area contributed by atoms with Gasteiger partial charge in [0.2, 0.25) is 5.91 Å². The number of ether oxygens (including phenoxy) is 1. The molecule has 3 rings (SSSR count). The van der Waals surface area contributed by atoms with Crippen LogP contribution in [0.3, 0.4) is 0 Å². The van der Waals surface area contributed by atoms with Crippen molar-refractivity contribution in [3.63, 3.8) is 0 Å². The van der Waals surface area contributed by atoms with E-state index in [1.165, 1.54) is 36.9 Å². The predicted molar refractivity (Wildman–Crippen MR) is 107 cm³/mol. The number of hydrogen-bond donors (Lipinski definition) is 1. The van der Waals surface area contributed by atoms with Crippen LogP contribution >= 0.6 is 0 Å². The number of carbonyl (C=O) groups is 1. The molecule has 2 aromatic rings. The third-order valence-electron chi connectivity index (χ3n) is 4.74. The van der Waals surface area contributed by atoms with Crippen molar-refractivity contribution < 1.29 is 9.53 Å². The minimum absolute atomic E-state index is 0.0281. The molecule has 0 aromatic heterocycles. The molecule has 0 saturated carbocycles. The van der Waals surface area contributed by atoms with E-state index in [4.69, 9.17) is 4.74 Å².